The molecule has 1 N–H and O–H groups in total. The second-order valence-corrected chi connectivity index (χ2v) is 11.8. The SMILES string of the molecule is CCCCOc1cccc(C2C(=C(O)c3ccc(C)cc3)C(=O)C(=O)N2c2nnc(SCc3ccc(F)cc3)s2)c1. The van der Waals surface area contributed by atoms with Crippen molar-refractivity contribution >= 4 is 45.7 Å². The van der Waals surface area contributed by atoms with Crippen LogP contribution in [0, 0.1) is 12.7 Å². The van der Waals surface area contributed by atoms with Gasteiger partial charge in [-0.1, -0.05) is 90.5 Å². The normalized spacial score (nSPS) is 16.4. The monoisotopic (exact) mass is 589 g/mol. The lowest BCUT2D eigenvalue weighted by Gasteiger charge is -2.23. The molecule has 1 aliphatic rings. The van der Waals surface area contributed by atoms with Gasteiger partial charge in [0, 0.05) is 11.3 Å². The van der Waals surface area contributed by atoms with E-state index in [1.807, 2.05) is 25.1 Å². The quantitative estimate of drug-likeness (QED) is 0.0528. The fraction of sp³-hybridized carbons (Fsp3) is 0.226. The number of aryl methyl sites for hydroxylation is 1. The van der Waals surface area contributed by atoms with Crippen LogP contribution < -0.4 is 9.64 Å². The number of benzene rings is 3. The summed E-state index contributed by atoms with van der Waals surface area (Å²) in [5.74, 6) is -1.04. The summed E-state index contributed by atoms with van der Waals surface area (Å²) >= 11 is 2.57. The summed E-state index contributed by atoms with van der Waals surface area (Å²) in [6, 6.07) is 19.5. The van der Waals surface area contributed by atoms with Crippen LogP contribution in [0.2, 0.25) is 0 Å². The van der Waals surface area contributed by atoms with Gasteiger partial charge in [0.05, 0.1) is 18.2 Å². The van der Waals surface area contributed by atoms with Gasteiger partial charge in [0.2, 0.25) is 5.13 Å². The highest BCUT2D eigenvalue weighted by atomic mass is 32.2. The lowest BCUT2D eigenvalue weighted by atomic mass is 9.95. The number of thioether (sulfide) groups is 1. The molecule has 1 fully saturated rings. The van der Waals surface area contributed by atoms with Crippen molar-refractivity contribution in [2.45, 2.75) is 42.8 Å². The molecule has 2 heterocycles. The minimum atomic E-state index is -0.936. The largest absolute Gasteiger partial charge is 0.507 e. The topological polar surface area (TPSA) is 92.6 Å². The molecule has 0 radical (unpaired) electrons. The standard InChI is InChI=1S/C31H28FN3O4S2/c1-3-4-16-39-24-7-5-6-22(17-24)26-25(27(36)21-12-8-19(2)9-13-21)28(37)29(38)35(26)30-33-34-31(41-30)40-18-20-10-14-23(32)15-11-20/h5-15,17,26,36H,3-4,16,18H2,1-2H3. The molecule has 1 aromatic heterocycles. The van der Waals surface area contributed by atoms with Crippen LogP contribution in [-0.2, 0) is 15.3 Å². The first-order valence-corrected chi connectivity index (χ1v) is 15.0. The Kier molecular flexibility index (Phi) is 8.80. The number of anilines is 1. The molecule has 1 atom stereocenters. The van der Waals surface area contributed by atoms with E-state index in [4.69, 9.17) is 4.74 Å². The number of ketones is 1. The molecule has 1 aliphatic heterocycles. The third-order valence-electron chi connectivity index (χ3n) is 6.59. The van der Waals surface area contributed by atoms with Gasteiger partial charge < -0.3 is 9.84 Å². The maximum absolute atomic E-state index is 13.5. The number of nitrogens with zero attached hydrogens (tertiary/aromatic N) is 3. The van der Waals surface area contributed by atoms with Crippen LogP contribution in [0.15, 0.2) is 82.7 Å². The fourth-order valence-electron chi connectivity index (χ4n) is 4.40. The van der Waals surface area contributed by atoms with Crippen LogP contribution in [0.4, 0.5) is 9.52 Å². The number of halogens is 1. The first-order valence-electron chi connectivity index (χ1n) is 13.2. The van der Waals surface area contributed by atoms with Gasteiger partial charge in [-0.2, -0.15) is 0 Å². The second-order valence-electron chi connectivity index (χ2n) is 9.58. The maximum atomic E-state index is 13.5. The van der Waals surface area contributed by atoms with Crippen molar-refractivity contribution < 1.29 is 23.8 Å². The Morgan fingerprint density at radius 2 is 1.83 bits per heavy atom. The average Bonchev–Trinajstić information content (AvgIpc) is 3.55. The van der Waals surface area contributed by atoms with Crippen molar-refractivity contribution in [3.8, 4) is 5.75 Å². The molecule has 10 heteroatoms. The average molecular weight is 590 g/mol. The number of aliphatic hydroxyl groups excluding tert-OH is 1. The Morgan fingerprint density at radius 3 is 2.56 bits per heavy atom. The number of carbonyl (C=O) groups excluding carboxylic acids is 2. The first kappa shape index (κ1) is 28.5. The van der Waals surface area contributed by atoms with Gasteiger partial charge in [-0.05, 0) is 48.7 Å². The molecular weight excluding hydrogens is 561 g/mol. The Hall–Kier alpha value is -4.02. The van der Waals surface area contributed by atoms with Crippen LogP contribution in [0.5, 0.6) is 5.75 Å². The Bertz CT molecular complexity index is 1590. The number of rotatable bonds is 10. The van der Waals surface area contributed by atoms with Gasteiger partial charge in [-0.25, -0.2) is 4.39 Å². The molecule has 1 amide bonds. The molecule has 0 bridgehead atoms. The van der Waals surface area contributed by atoms with E-state index in [1.54, 1.807) is 42.5 Å². The summed E-state index contributed by atoms with van der Waals surface area (Å²) in [5, 5.41) is 20.1. The number of aliphatic hydroxyl groups is 1. The second kappa shape index (κ2) is 12.7. The number of Topliss-reactive ketones (excluding diaryl/α,β-unsaturated/α-hetero) is 1. The van der Waals surface area contributed by atoms with Gasteiger partial charge in [0.25, 0.3) is 5.78 Å². The molecule has 1 saturated heterocycles. The van der Waals surface area contributed by atoms with Crippen molar-refractivity contribution in [3.05, 3.63) is 106 Å². The molecule has 3 aromatic carbocycles. The molecule has 0 aliphatic carbocycles. The minimum Gasteiger partial charge on any atom is -0.507 e. The van der Waals surface area contributed by atoms with Gasteiger partial charge in [0.15, 0.2) is 4.34 Å². The van der Waals surface area contributed by atoms with Crippen LogP contribution in [0.25, 0.3) is 5.76 Å². The van der Waals surface area contributed by atoms with Crippen molar-refractivity contribution in [1.29, 1.82) is 0 Å². The summed E-state index contributed by atoms with van der Waals surface area (Å²) in [4.78, 5) is 28.3. The van der Waals surface area contributed by atoms with E-state index in [1.165, 1.54) is 40.1 Å². The van der Waals surface area contributed by atoms with Crippen LogP contribution >= 0.6 is 23.1 Å². The molecule has 0 saturated carbocycles. The minimum absolute atomic E-state index is 0.0275. The third kappa shape index (κ3) is 6.34. The number of hydrogen-bond acceptors (Lipinski definition) is 8. The lowest BCUT2D eigenvalue weighted by molar-refractivity contribution is -0.132. The van der Waals surface area contributed by atoms with Crippen molar-refractivity contribution in [3.63, 3.8) is 0 Å². The van der Waals surface area contributed by atoms with Crippen molar-refractivity contribution in [2.75, 3.05) is 11.5 Å². The van der Waals surface area contributed by atoms with E-state index in [0.29, 0.717) is 33.6 Å². The van der Waals surface area contributed by atoms with E-state index < -0.39 is 17.7 Å². The molecule has 1 unspecified atom stereocenters. The third-order valence-corrected chi connectivity index (χ3v) is 8.71. The molecule has 7 nitrogen and oxygen atoms in total. The molecule has 5 rings (SSSR count). The van der Waals surface area contributed by atoms with Crippen molar-refractivity contribution in [2.24, 2.45) is 0 Å². The molecule has 4 aromatic rings. The lowest BCUT2D eigenvalue weighted by Crippen LogP contribution is -2.29. The highest BCUT2D eigenvalue weighted by molar-refractivity contribution is 8.00. The zero-order valence-electron chi connectivity index (χ0n) is 22.5. The van der Waals surface area contributed by atoms with E-state index in [-0.39, 0.29) is 22.3 Å². The van der Waals surface area contributed by atoms with Gasteiger partial charge in [0.1, 0.15) is 17.3 Å². The number of ether oxygens (including phenoxy) is 1. The number of amides is 1. The summed E-state index contributed by atoms with van der Waals surface area (Å²) in [7, 11) is 0. The molecular formula is C31H28FN3O4S2. The van der Waals surface area contributed by atoms with Crippen LogP contribution in [-0.4, -0.2) is 33.6 Å². The highest BCUT2D eigenvalue weighted by Gasteiger charge is 2.48. The molecule has 210 valence electrons. The number of aromatic nitrogens is 2. The zero-order chi connectivity index (χ0) is 28.9. The van der Waals surface area contributed by atoms with Gasteiger partial charge in [-0.3, -0.25) is 14.5 Å². The van der Waals surface area contributed by atoms with E-state index >= 15 is 0 Å². The number of carbonyl (C=O) groups is 2. The predicted molar refractivity (Wildman–Crippen MR) is 159 cm³/mol. The van der Waals surface area contributed by atoms with E-state index in [9.17, 15) is 19.1 Å². The van der Waals surface area contributed by atoms with Crippen molar-refractivity contribution in [1.82, 2.24) is 10.2 Å². The summed E-state index contributed by atoms with van der Waals surface area (Å²) < 4.78 is 19.8. The Balaban J connectivity index is 1.53. The van der Waals surface area contributed by atoms with E-state index in [0.717, 1.165) is 24.0 Å². The Morgan fingerprint density at radius 1 is 1.07 bits per heavy atom. The Labute approximate surface area is 245 Å². The summed E-state index contributed by atoms with van der Waals surface area (Å²) in [6.07, 6.45) is 1.87. The molecule has 0 spiro atoms. The predicted octanol–water partition coefficient (Wildman–Crippen LogP) is 7.08. The van der Waals surface area contributed by atoms with Crippen LogP contribution in [0.3, 0.4) is 0 Å². The highest BCUT2D eigenvalue weighted by Crippen LogP contribution is 2.44. The van der Waals surface area contributed by atoms with E-state index in [2.05, 4.69) is 17.1 Å². The smallest absolute Gasteiger partial charge is 0.301 e. The molecule has 41 heavy (non-hydrogen) atoms. The van der Waals surface area contributed by atoms with Gasteiger partial charge >= 0.3 is 5.91 Å². The maximum Gasteiger partial charge on any atom is 0.301 e. The number of unbranched alkanes of at least 4 members (excludes halogenated alkanes) is 1. The fourth-order valence-corrected chi connectivity index (χ4v) is 6.23. The first-order chi connectivity index (χ1) is 19.9. The zero-order valence-corrected chi connectivity index (χ0v) is 24.2. The summed E-state index contributed by atoms with van der Waals surface area (Å²) in [5.41, 5.74) is 2.91. The van der Waals surface area contributed by atoms with Gasteiger partial charge in [-0.15, -0.1) is 10.2 Å². The number of hydrogen-bond donors (Lipinski definition) is 1. The van der Waals surface area contributed by atoms with Crippen LogP contribution in [0.1, 0.15) is 48.1 Å². The summed E-state index contributed by atoms with van der Waals surface area (Å²) in [6.45, 7) is 4.54.